The molecule has 0 saturated carbocycles. The lowest BCUT2D eigenvalue weighted by Gasteiger charge is -2.20. The van der Waals surface area contributed by atoms with Gasteiger partial charge >= 0.3 is 0 Å². The standard InChI is InChI=1S/C14H20N4S5/c1-5-17(6-2)13(19)21-11-10(9-15)12(23-16-11)22-14(20)18(7-3)8-4/h5-8H2,1-4H3. The molecule has 1 aromatic rings. The van der Waals surface area contributed by atoms with Crippen molar-refractivity contribution in [1.82, 2.24) is 14.2 Å². The van der Waals surface area contributed by atoms with E-state index in [-0.39, 0.29) is 0 Å². The van der Waals surface area contributed by atoms with E-state index in [4.69, 9.17) is 24.4 Å². The third kappa shape index (κ3) is 5.57. The zero-order chi connectivity index (χ0) is 17.4. The van der Waals surface area contributed by atoms with Crippen LogP contribution in [0.3, 0.4) is 0 Å². The summed E-state index contributed by atoms with van der Waals surface area (Å²) < 4.78 is 6.78. The van der Waals surface area contributed by atoms with Gasteiger partial charge in [-0.25, -0.2) is 0 Å². The topological polar surface area (TPSA) is 43.2 Å². The van der Waals surface area contributed by atoms with E-state index in [0.717, 1.165) is 39.0 Å². The monoisotopic (exact) mass is 404 g/mol. The molecule has 0 aromatic carbocycles. The fourth-order valence-electron chi connectivity index (χ4n) is 1.75. The van der Waals surface area contributed by atoms with Crippen molar-refractivity contribution in [2.45, 2.75) is 36.9 Å². The molecule has 0 saturated heterocycles. The number of thiocarbonyl (C=S) groups is 2. The summed E-state index contributed by atoms with van der Waals surface area (Å²) in [6.07, 6.45) is 0. The van der Waals surface area contributed by atoms with Gasteiger partial charge in [0.1, 0.15) is 29.5 Å². The van der Waals surface area contributed by atoms with Crippen LogP contribution in [0.2, 0.25) is 0 Å². The molecule has 0 atom stereocenters. The van der Waals surface area contributed by atoms with Gasteiger partial charge in [-0.2, -0.15) is 9.64 Å². The van der Waals surface area contributed by atoms with Crippen LogP contribution < -0.4 is 0 Å². The Bertz CT molecular complexity index is 541. The van der Waals surface area contributed by atoms with Crippen LogP contribution in [0.4, 0.5) is 0 Å². The summed E-state index contributed by atoms with van der Waals surface area (Å²) in [5.74, 6) is 0. The van der Waals surface area contributed by atoms with E-state index >= 15 is 0 Å². The minimum Gasteiger partial charge on any atom is -0.358 e. The minimum absolute atomic E-state index is 0.578. The van der Waals surface area contributed by atoms with Gasteiger partial charge in [-0.3, -0.25) is 0 Å². The quantitative estimate of drug-likeness (QED) is 0.509. The molecule has 1 heterocycles. The first-order valence-electron chi connectivity index (χ1n) is 7.35. The largest absolute Gasteiger partial charge is 0.358 e. The summed E-state index contributed by atoms with van der Waals surface area (Å²) in [6.45, 7) is 11.7. The highest BCUT2D eigenvalue weighted by atomic mass is 32.2. The molecule has 0 spiro atoms. The van der Waals surface area contributed by atoms with E-state index in [1.165, 1.54) is 35.1 Å². The Morgan fingerprint density at radius 3 is 1.96 bits per heavy atom. The molecule has 126 valence electrons. The summed E-state index contributed by atoms with van der Waals surface area (Å²) in [5, 5.41) is 10.2. The Kier molecular flexibility index (Phi) is 9.39. The van der Waals surface area contributed by atoms with E-state index in [1.807, 2.05) is 0 Å². The first kappa shape index (κ1) is 20.6. The van der Waals surface area contributed by atoms with Gasteiger partial charge in [0.25, 0.3) is 0 Å². The fourth-order valence-corrected chi connectivity index (χ4v) is 5.88. The molecule has 0 N–H and O–H groups in total. The van der Waals surface area contributed by atoms with Crippen LogP contribution in [-0.2, 0) is 0 Å². The van der Waals surface area contributed by atoms with E-state index in [1.54, 1.807) is 0 Å². The Hall–Kier alpha value is -0.400. The normalized spacial score (nSPS) is 10.2. The van der Waals surface area contributed by atoms with E-state index in [9.17, 15) is 5.26 Å². The van der Waals surface area contributed by atoms with Crippen molar-refractivity contribution in [1.29, 1.82) is 5.26 Å². The predicted octanol–water partition coefficient (Wildman–Crippen LogP) is 4.45. The zero-order valence-corrected chi connectivity index (χ0v) is 17.7. The zero-order valence-electron chi connectivity index (χ0n) is 13.7. The molecule has 0 aliphatic carbocycles. The Morgan fingerprint density at radius 1 is 1.04 bits per heavy atom. The maximum absolute atomic E-state index is 9.50. The van der Waals surface area contributed by atoms with Crippen molar-refractivity contribution >= 4 is 68.1 Å². The number of hydrogen-bond acceptors (Lipinski definition) is 7. The van der Waals surface area contributed by atoms with Crippen molar-refractivity contribution in [3.63, 3.8) is 0 Å². The highest BCUT2D eigenvalue weighted by Crippen LogP contribution is 2.36. The lowest BCUT2D eigenvalue weighted by Crippen LogP contribution is -2.26. The van der Waals surface area contributed by atoms with Crippen LogP contribution in [0.25, 0.3) is 0 Å². The Balaban J connectivity index is 2.91. The van der Waals surface area contributed by atoms with Crippen LogP contribution in [0.15, 0.2) is 9.24 Å². The van der Waals surface area contributed by atoms with Gasteiger partial charge < -0.3 is 9.80 Å². The number of hydrogen-bond donors (Lipinski definition) is 0. The van der Waals surface area contributed by atoms with Crippen molar-refractivity contribution < 1.29 is 0 Å². The lowest BCUT2D eigenvalue weighted by molar-refractivity contribution is 0.482. The molecule has 0 aliphatic heterocycles. The lowest BCUT2D eigenvalue weighted by atomic mass is 10.4. The van der Waals surface area contributed by atoms with Crippen molar-refractivity contribution in [2.75, 3.05) is 26.2 Å². The van der Waals surface area contributed by atoms with Gasteiger partial charge in [0.05, 0.1) is 0 Å². The van der Waals surface area contributed by atoms with Crippen LogP contribution in [0.1, 0.15) is 33.3 Å². The molecule has 23 heavy (non-hydrogen) atoms. The third-order valence-electron chi connectivity index (χ3n) is 3.15. The van der Waals surface area contributed by atoms with Gasteiger partial charge in [-0.15, -0.1) is 0 Å². The molecule has 1 rings (SSSR count). The molecular formula is C14H20N4S5. The first-order valence-corrected chi connectivity index (χ1v) is 10.6. The molecule has 1 aromatic heterocycles. The number of nitrogens with zero attached hydrogens (tertiary/aromatic N) is 4. The number of aromatic nitrogens is 1. The van der Waals surface area contributed by atoms with Gasteiger partial charge in [-0.1, -0.05) is 24.4 Å². The second kappa shape index (κ2) is 10.5. The molecule has 0 radical (unpaired) electrons. The summed E-state index contributed by atoms with van der Waals surface area (Å²) in [4.78, 5) is 4.17. The average molecular weight is 405 g/mol. The van der Waals surface area contributed by atoms with Gasteiger partial charge in [-0.05, 0) is 62.8 Å². The first-order chi connectivity index (χ1) is 11.0. The predicted molar refractivity (Wildman–Crippen MR) is 110 cm³/mol. The molecule has 0 amide bonds. The number of nitriles is 1. The highest BCUT2D eigenvalue weighted by molar-refractivity contribution is 8.24. The summed E-state index contributed by atoms with van der Waals surface area (Å²) in [5.41, 5.74) is 0.578. The van der Waals surface area contributed by atoms with Crippen molar-refractivity contribution in [2.24, 2.45) is 0 Å². The highest BCUT2D eigenvalue weighted by Gasteiger charge is 2.20. The van der Waals surface area contributed by atoms with Gasteiger partial charge in [0, 0.05) is 26.2 Å². The molecule has 0 aliphatic rings. The molecule has 0 unspecified atom stereocenters. The van der Waals surface area contributed by atoms with E-state index < -0.39 is 0 Å². The molecular weight excluding hydrogens is 385 g/mol. The molecule has 4 nitrogen and oxygen atoms in total. The Labute approximate surface area is 161 Å². The smallest absolute Gasteiger partial charge is 0.142 e. The van der Waals surface area contributed by atoms with E-state index in [2.05, 4.69) is 47.9 Å². The van der Waals surface area contributed by atoms with Crippen molar-refractivity contribution in [3.8, 4) is 6.07 Å². The van der Waals surface area contributed by atoms with Crippen molar-refractivity contribution in [3.05, 3.63) is 5.56 Å². The molecule has 9 heteroatoms. The van der Waals surface area contributed by atoms with Gasteiger partial charge in [0.2, 0.25) is 0 Å². The number of rotatable bonds is 6. The second-order valence-electron chi connectivity index (χ2n) is 4.34. The van der Waals surface area contributed by atoms with Crippen LogP contribution in [-0.4, -0.2) is 49.0 Å². The maximum atomic E-state index is 9.50. The van der Waals surface area contributed by atoms with Crippen LogP contribution in [0, 0.1) is 11.3 Å². The summed E-state index contributed by atoms with van der Waals surface area (Å²) in [7, 11) is 0. The summed E-state index contributed by atoms with van der Waals surface area (Å²) >= 11 is 15.0. The Morgan fingerprint density at radius 2 is 1.52 bits per heavy atom. The summed E-state index contributed by atoms with van der Waals surface area (Å²) in [6, 6.07) is 2.25. The second-order valence-corrected chi connectivity index (χ2v) is 8.64. The number of thioether (sulfide) groups is 2. The molecule has 0 fully saturated rings. The SMILES string of the molecule is CCN(CC)C(=S)Sc1nsc(SC(=S)N(CC)CC)c1C#N. The minimum atomic E-state index is 0.578. The van der Waals surface area contributed by atoms with E-state index in [0.29, 0.717) is 10.6 Å². The average Bonchev–Trinajstić information content (AvgIpc) is 2.91. The molecule has 0 bridgehead atoms. The van der Waals surface area contributed by atoms with Gasteiger partial charge in [0.15, 0.2) is 0 Å². The maximum Gasteiger partial charge on any atom is 0.142 e. The van der Waals surface area contributed by atoms with Crippen LogP contribution >= 0.6 is 59.5 Å². The van der Waals surface area contributed by atoms with Crippen LogP contribution in [0.5, 0.6) is 0 Å². The third-order valence-corrected chi connectivity index (χ3v) is 7.14. The fraction of sp³-hybridized carbons (Fsp3) is 0.571.